The summed E-state index contributed by atoms with van der Waals surface area (Å²) in [6, 6.07) is 2.56. The summed E-state index contributed by atoms with van der Waals surface area (Å²) in [4.78, 5) is 4.75. The lowest BCUT2D eigenvalue weighted by Crippen LogP contribution is -2.37. The number of nitrogens with zero attached hydrogens (tertiary/aromatic N) is 6. The van der Waals surface area contributed by atoms with Gasteiger partial charge in [-0.3, -0.25) is 0 Å². The number of nitrogens with one attached hydrogen (secondary N) is 2. The first-order valence-electron chi connectivity index (χ1n) is 9.74. The van der Waals surface area contributed by atoms with E-state index in [0.717, 1.165) is 12.5 Å². The number of aliphatic hydroxyl groups excluding tert-OH is 1. The Morgan fingerprint density at radius 3 is 2.70 bits per heavy atom. The maximum atomic E-state index is 13.0. The second kappa shape index (κ2) is 8.76. The van der Waals surface area contributed by atoms with Crippen molar-refractivity contribution in [1.82, 2.24) is 34.9 Å². The number of sulfonamides is 2. The third-order valence-corrected chi connectivity index (χ3v) is 7.63. The molecule has 1 aliphatic rings. The van der Waals surface area contributed by atoms with E-state index in [1.165, 1.54) is 6.07 Å². The van der Waals surface area contributed by atoms with E-state index < -0.39 is 42.5 Å². The topological polar surface area (TPSA) is 228 Å². The number of hydrogen-bond acceptors (Lipinski definition) is 11. The molecular weight excluding hydrogens is 476 g/mol. The van der Waals surface area contributed by atoms with Crippen LogP contribution in [0.25, 0.3) is 11.4 Å². The first-order valence-corrected chi connectivity index (χ1v) is 12.8. The van der Waals surface area contributed by atoms with Gasteiger partial charge in [0.1, 0.15) is 9.79 Å². The Hall–Kier alpha value is -2.96. The summed E-state index contributed by atoms with van der Waals surface area (Å²) < 4.78 is 55.5. The molecule has 0 aliphatic carbocycles. The number of benzene rings is 1. The van der Waals surface area contributed by atoms with Gasteiger partial charge in [0.2, 0.25) is 26.0 Å². The average molecular weight is 499 g/mol. The van der Waals surface area contributed by atoms with Crippen molar-refractivity contribution in [3.63, 3.8) is 0 Å². The van der Waals surface area contributed by atoms with Gasteiger partial charge < -0.3 is 20.3 Å². The molecule has 0 amide bonds. The molecule has 1 aliphatic heterocycles. The molecule has 0 fully saturated rings. The molecule has 0 spiro atoms. The number of aliphatic hydroxyl groups is 1. The SMILES string of the molecule is NC[C@@H](O)CNS(=O)(=O)c1ccc(N2CCCn3ccnc32)c(-c2nnn[nH]2)c1S(N)(=O)=O. The number of aryl methyl sites for hydroxylation is 1. The van der Waals surface area contributed by atoms with Crippen LogP contribution < -0.4 is 20.5 Å². The quantitative estimate of drug-likeness (QED) is 0.225. The van der Waals surface area contributed by atoms with Crippen molar-refractivity contribution in [3.8, 4) is 11.4 Å². The zero-order valence-electron chi connectivity index (χ0n) is 17.2. The molecule has 0 unspecified atom stereocenters. The summed E-state index contributed by atoms with van der Waals surface area (Å²) >= 11 is 0. The fraction of sp³-hybridized carbons (Fsp3) is 0.375. The molecular formula is C16H22N10O5S2. The summed E-state index contributed by atoms with van der Waals surface area (Å²) in [5.74, 6) is 0.437. The largest absolute Gasteiger partial charge is 0.390 e. The van der Waals surface area contributed by atoms with Crippen molar-refractivity contribution in [1.29, 1.82) is 0 Å². The van der Waals surface area contributed by atoms with Crippen LogP contribution in [-0.4, -0.2) is 77.9 Å². The number of nitrogens with two attached hydrogens (primary N) is 2. The van der Waals surface area contributed by atoms with E-state index in [1.54, 1.807) is 17.3 Å². The molecule has 2 aromatic heterocycles. The maximum Gasteiger partial charge on any atom is 0.242 e. The molecule has 0 saturated heterocycles. The van der Waals surface area contributed by atoms with Crippen LogP contribution in [0.4, 0.5) is 11.6 Å². The lowest BCUT2D eigenvalue weighted by Gasteiger charge is -2.31. The average Bonchev–Trinajstić information content (AvgIpc) is 3.47. The Bertz CT molecular complexity index is 1350. The predicted octanol–water partition coefficient (Wildman–Crippen LogP) is -2.15. The van der Waals surface area contributed by atoms with Crippen LogP contribution in [0.15, 0.2) is 34.3 Å². The van der Waals surface area contributed by atoms with Crippen molar-refractivity contribution < 1.29 is 21.9 Å². The number of rotatable bonds is 8. The number of primary sulfonamides is 1. The molecule has 3 heterocycles. The molecule has 178 valence electrons. The Morgan fingerprint density at radius 1 is 1.24 bits per heavy atom. The van der Waals surface area contributed by atoms with E-state index in [0.29, 0.717) is 24.7 Å². The summed E-state index contributed by atoms with van der Waals surface area (Å²) in [5, 5.41) is 28.4. The van der Waals surface area contributed by atoms with E-state index >= 15 is 0 Å². The minimum absolute atomic E-state index is 0.100. The number of tetrazole rings is 1. The fourth-order valence-corrected chi connectivity index (χ4v) is 6.25. The summed E-state index contributed by atoms with van der Waals surface area (Å²) in [6.07, 6.45) is 2.95. The Labute approximate surface area is 188 Å². The molecule has 15 nitrogen and oxygen atoms in total. The van der Waals surface area contributed by atoms with Gasteiger partial charge in [-0.2, -0.15) is 0 Å². The number of fused-ring (bicyclic) bond motifs is 1. The van der Waals surface area contributed by atoms with Gasteiger partial charge in [0.25, 0.3) is 0 Å². The van der Waals surface area contributed by atoms with E-state index in [2.05, 4.69) is 30.3 Å². The number of anilines is 2. The Balaban J connectivity index is 1.97. The predicted molar refractivity (Wildman–Crippen MR) is 115 cm³/mol. The smallest absolute Gasteiger partial charge is 0.242 e. The molecule has 0 saturated carbocycles. The number of aromatic nitrogens is 6. The third kappa shape index (κ3) is 4.45. The summed E-state index contributed by atoms with van der Waals surface area (Å²) in [7, 11) is -9.05. The second-order valence-electron chi connectivity index (χ2n) is 7.25. The van der Waals surface area contributed by atoms with Gasteiger partial charge in [0.15, 0.2) is 5.82 Å². The van der Waals surface area contributed by atoms with E-state index in [-0.39, 0.29) is 17.9 Å². The van der Waals surface area contributed by atoms with Crippen LogP contribution in [0.5, 0.6) is 0 Å². The standard InChI is InChI=1S/C16H22N10O5S2/c17-8-10(27)9-20-33(30,31)12-3-2-11(26-6-1-5-25-7-4-19-16(25)26)13(14(12)32(18,28)29)15-21-23-24-22-15/h2-4,7,10,20,27H,1,5-6,8-9,17H2,(H2,18,28,29)(H,21,22,23,24)/t10-/m1/s1. The van der Waals surface area contributed by atoms with E-state index in [9.17, 15) is 21.9 Å². The van der Waals surface area contributed by atoms with Gasteiger partial charge in [-0.15, -0.1) is 5.10 Å². The maximum absolute atomic E-state index is 13.0. The van der Waals surface area contributed by atoms with Crippen LogP contribution in [-0.2, 0) is 26.6 Å². The van der Waals surface area contributed by atoms with Crippen LogP contribution in [0.3, 0.4) is 0 Å². The lowest BCUT2D eigenvalue weighted by molar-refractivity contribution is 0.186. The molecule has 3 aromatic rings. The molecule has 0 bridgehead atoms. The van der Waals surface area contributed by atoms with Crippen LogP contribution in [0.1, 0.15) is 6.42 Å². The minimum Gasteiger partial charge on any atom is -0.390 e. The van der Waals surface area contributed by atoms with Gasteiger partial charge in [0.05, 0.1) is 17.4 Å². The number of hydrogen-bond donors (Lipinski definition) is 5. The second-order valence-corrected chi connectivity index (χ2v) is 10.5. The zero-order valence-corrected chi connectivity index (χ0v) is 18.8. The van der Waals surface area contributed by atoms with Crippen molar-refractivity contribution in [2.45, 2.75) is 28.9 Å². The fourth-order valence-electron chi connectivity index (χ4n) is 3.58. The van der Waals surface area contributed by atoms with Gasteiger partial charge in [-0.05, 0) is 29.0 Å². The van der Waals surface area contributed by atoms with Crippen molar-refractivity contribution in [2.24, 2.45) is 10.9 Å². The normalized spacial score (nSPS) is 15.4. The first kappa shape index (κ1) is 23.2. The molecule has 33 heavy (non-hydrogen) atoms. The van der Waals surface area contributed by atoms with Crippen molar-refractivity contribution in [3.05, 3.63) is 24.5 Å². The number of imidazole rings is 1. The van der Waals surface area contributed by atoms with E-state index in [4.69, 9.17) is 10.9 Å². The lowest BCUT2D eigenvalue weighted by atomic mass is 10.1. The van der Waals surface area contributed by atoms with Gasteiger partial charge in [-0.1, -0.05) is 0 Å². The molecule has 4 rings (SSSR count). The van der Waals surface area contributed by atoms with Crippen molar-refractivity contribution in [2.75, 3.05) is 24.5 Å². The molecule has 17 heteroatoms. The first-order chi connectivity index (χ1) is 15.6. The highest BCUT2D eigenvalue weighted by atomic mass is 32.2. The van der Waals surface area contributed by atoms with E-state index in [1.807, 2.05) is 4.57 Å². The van der Waals surface area contributed by atoms with Crippen molar-refractivity contribution >= 4 is 31.7 Å². The highest BCUT2D eigenvalue weighted by molar-refractivity contribution is 7.92. The van der Waals surface area contributed by atoms with Gasteiger partial charge in [0, 0.05) is 38.6 Å². The minimum atomic E-state index is -4.62. The van der Waals surface area contributed by atoms with Crippen LogP contribution in [0, 0.1) is 0 Å². The summed E-state index contributed by atoms with van der Waals surface area (Å²) in [5.41, 5.74) is 5.49. The number of H-pyrrole nitrogens is 1. The highest BCUT2D eigenvalue weighted by Gasteiger charge is 2.34. The van der Waals surface area contributed by atoms with Crippen LogP contribution in [0.2, 0.25) is 0 Å². The molecule has 0 radical (unpaired) electrons. The zero-order chi connectivity index (χ0) is 23.8. The highest BCUT2D eigenvalue weighted by Crippen LogP contribution is 2.41. The monoisotopic (exact) mass is 498 g/mol. The molecule has 7 N–H and O–H groups in total. The molecule has 1 atom stereocenters. The van der Waals surface area contributed by atoms with Gasteiger partial charge in [-0.25, -0.2) is 36.8 Å². The Morgan fingerprint density at radius 2 is 2.03 bits per heavy atom. The Kier molecular flexibility index (Phi) is 6.16. The summed E-state index contributed by atoms with van der Waals surface area (Å²) in [6.45, 7) is 0.573. The van der Waals surface area contributed by atoms with Crippen LogP contribution >= 0.6 is 0 Å². The number of aromatic amines is 1. The molecule has 1 aromatic carbocycles. The van der Waals surface area contributed by atoms with Gasteiger partial charge >= 0.3 is 0 Å². The third-order valence-electron chi connectivity index (χ3n) is 5.04.